The lowest BCUT2D eigenvalue weighted by Gasteiger charge is -2.12. The molecule has 0 aliphatic heterocycles. The summed E-state index contributed by atoms with van der Waals surface area (Å²) in [6.45, 7) is 6.00. The van der Waals surface area contributed by atoms with Gasteiger partial charge >= 0.3 is 0 Å². The van der Waals surface area contributed by atoms with Crippen LogP contribution in [0.1, 0.15) is 30.0 Å². The molecular formula is C22H32IN3O3. The van der Waals surface area contributed by atoms with Crippen LogP contribution in [0, 0.1) is 6.92 Å². The first-order chi connectivity index (χ1) is 13.6. The molecule has 0 aliphatic carbocycles. The molecular weight excluding hydrogens is 481 g/mol. The van der Waals surface area contributed by atoms with Crippen molar-refractivity contribution in [1.29, 1.82) is 0 Å². The van der Waals surface area contributed by atoms with E-state index in [1.165, 1.54) is 5.56 Å². The number of hydrogen-bond acceptors (Lipinski definition) is 4. The molecule has 0 bridgehead atoms. The molecule has 2 rings (SSSR count). The molecule has 160 valence electrons. The Labute approximate surface area is 190 Å². The standard InChI is InChI=1S/C22H31N3O3.HI/c1-5-12-28-20-13-16(2)6-8-18(20)15-25-22(23)24-11-10-17-7-9-19(26-3)21(14-17)27-4;/h6-9,13-14H,5,10-12,15H2,1-4H3,(H3,23,24,25);1H. The van der Waals surface area contributed by atoms with Crippen molar-refractivity contribution in [1.82, 2.24) is 5.32 Å². The van der Waals surface area contributed by atoms with Crippen molar-refractivity contribution in [2.45, 2.75) is 33.2 Å². The Morgan fingerprint density at radius 2 is 1.79 bits per heavy atom. The van der Waals surface area contributed by atoms with Gasteiger partial charge in [0.05, 0.1) is 27.4 Å². The summed E-state index contributed by atoms with van der Waals surface area (Å²) in [4.78, 5) is 4.44. The highest BCUT2D eigenvalue weighted by atomic mass is 127. The molecule has 0 unspecified atom stereocenters. The van der Waals surface area contributed by atoms with Crippen LogP contribution in [0.2, 0.25) is 0 Å². The molecule has 3 N–H and O–H groups in total. The number of aryl methyl sites for hydroxylation is 1. The summed E-state index contributed by atoms with van der Waals surface area (Å²) >= 11 is 0. The van der Waals surface area contributed by atoms with Gasteiger partial charge in [0.15, 0.2) is 17.5 Å². The van der Waals surface area contributed by atoms with Crippen LogP contribution in [-0.2, 0) is 13.0 Å². The van der Waals surface area contributed by atoms with E-state index in [2.05, 4.69) is 30.2 Å². The van der Waals surface area contributed by atoms with Crippen molar-refractivity contribution in [3.63, 3.8) is 0 Å². The van der Waals surface area contributed by atoms with E-state index in [-0.39, 0.29) is 24.0 Å². The summed E-state index contributed by atoms with van der Waals surface area (Å²) in [7, 11) is 3.26. The van der Waals surface area contributed by atoms with E-state index < -0.39 is 0 Å². The summed E-state index contributed by atoms with van der Waals surface area (Å²) in [6, 6.07) is 12.0. The maximum atomic E-state index is 6.02. The quantitative estimate of drug-likeness (QED) is 0.285. The highest BCUT2D eigenvalue weighted by Crippen LogP contribution is 2.27. The van der Waals surface area contributed by atoms with Crippen molar-refractivity contribution in [3.8, 4) is 17.2 Å². The molecule has 0 aliphatic rings. The normalized spacial score (nSPS) is 10.8. The van der Waals surface area contributed by atoms with Gasteiger partial charge in [0, 0.05) is 12.1 Å². The number of aliphatic imine (C=N–C) groups is 1. The van der Waals surface area contributed by atoms with Crippen LogP contribution in [0.4, 0.5) is 0 Å². The number of hydrogen-bond donors (Lipinski definition) is 2. The van der Waals surface area contributed by atoms with Crippen LogP contribution in [-0.4, -0.2) is 33.3 Å². The van der Waals surface area contributed by atoms with E-state index in [0.29, 0.717) is 25.7 Å². The van der Waals surface area contributed by atoms with Gasteiger partial charge in [-0.15, -0.1) is 24.0 Å². The number of guanidine groups is 1. The summed E-state index contributed by atoms with van der Waals surface area (Å²) in [5.41, 5.74) is 9.35. The summed E-state index contributed by atoms with van der Waals surface area (Å²) in [5, 5.41) is 3.16. The smallest absolute Gasteiger partial charge is 0.188 e. The lowest BCUT2D eigenvalue weighted by molar-refractivity contribution is 0.314. The topological polar surface area (TPSA) is 78.1 Å². The first-order valence-electron chi connectivity index (χ1n) is 9.54. The van der Waals surface area contributed by atoms with E-state index in [0.717, 1.165) is 41.2 Å². The molecule has 0 saturated carbocycles. The molecule has 2 aromatic carbocycles. The van der Waals surface area contributed by atoms with Crippen molar-refractivity contribution in [3.05, 3.63) is 53.1 Å². The fraction of sp³-hybridized carbons (Fsp3) is 0.409. The van der Waals surface area contributed by atoms with Crippen molar-refractivity contribution in [2.24, 2.45) is 10.7 Å². The molecule has 7 heteroatoms. The molecule has 0 amide bonds. The van der Waals surface area contributed by atoms with Gasteiger partial charge in [-0.2, -0.15) is 0 Å². The van der Waals surface area contributed by atoms with Gasteiger partial charge in [-0.1, -0.05) is 25.1 Å². The molecule has 0 spiro atoms. The predicted octanol–water partition coefficient (Wildman–Crippen LogP) is 4.07. The minimum atomic E-state index is 0. The molecule has 2 aromatic rings. The molecule has 0 atom stereocenters. The van der Waals surface area contributed by atoms with Crippen molar-refractivity contribution in [2.75, 3.05) is 27.4 Å². The molecule has 0 saturated heterocycles. The summed E-state index contributed by atoms with van der Waals surface area (Å²) < 4.78 is 16.4. The molecule has 29 heavy (non-hydrogen) atoms. The zero-order valence-electron chi connectivity index (χ0n) is 17.7. The monoisotopic (exact) mass is 513 g/mol. The Kier molecular flexibility index (Phi) is 11.3. The number of methoxy groups -OCH3 is 2. The van der Waals surface area contributed by atoms with Crippen LogP contribution in [0.3, 0.4) is 0 Å². The SMILES string of the molecule is CCCOc1cc(C)ccc1CN=C(N)NCCc1ccc(OC)c(OC)c1.I. The molecule has 6 nitrogen and oxygen atoms in total. The molecule has 0 radical (unpaired) electrons. The molecule has 0 fully saturated rings. The average Bonchev–Trinajstić information content (AvgIpc) is 2.71. The first kappa shape index (κ1) is 24.9. The zero-order chi connectivity index (χ0) is 20.4. The van der Waals surface area contributed by atoms with E-state index in [1.807, 2.05) is 30.3 Å². The Balaban J connectivity index is 0.00000420. The second kappa shape index (κ2) is 13.1. The predicted molar refractivity (Wildman–Crippen MR) is 129 cm³/mol. The van der Waals surface area contributed by atoms with Crippen LogP contribution >= 0.6 is 24.0 Å². The number of nitrogens with zero attached hydrogens (tertiary/aromatic N) is 1. The maximum Gasteiger partial charge on any atom is 0.188 e. The highest BCUT2D eigenvalue weighted by Gasteiger charge is 2.06. The third-order valence-electron chi connectivity index (χ3n) is 4.27. The Bertz CT molecular complexity index is 797. The zero-order valence-corrected chi connectivity index (χ0v) is 20.0. The Morgan fingerprint density at radius 3 is 2.48 bits per heavy atom. The number of nitrogens with one attached hydrogen (secondary N) is 1. The van der Waals surface area contributed by atoms with Crippen molar-refractivity contribution >= 4 is 29.9 Å². The molecule has 0 heterocycles. The summed E-state index contributed by atoms with van der Waals surface area (Å²) in [6.07, 6.45) is 1.77. The second-order valence-corrected chi connectivity index (χ2v) is 6.53. The average molecular weight is 513 g/mol. The third-order valence-corrected chi connectivity index (χ3v) is 4.27. The fourth-order valence-corrected chi connectivity index (χ4v) is 2.74. The second-order valence-electron chi connectivity index (χ2n) is 6.53. The van der Waals surface area contributed by atoms with Crippen LogP contribution < -0.4 is 25.3 Å². The minimum absolute atomic E-state index is 0. The van der Waals surface area contributed by atoms with Crippen LogP contribution in [0.15, 0.2) is 41.4 Å². The number of benzene rings is 2. The van der Waals surface area contributed by atoms with Gasteiger partial charge in [-0.3, -0.25) is 0 Å². The lowest BCUT2D eigenvalue weighted by atomic mass is 10.1. The Morgan fingerprint density at radius 1 is 1.03 bits per heavy atom. The maximum absolute atomic E-state index is 6.02. The number of nitrogens with two attached hydrogens (primary N) is 1. The lowest BCUT2D eigenvalue weighted by Crippen LogP contribution is -2.33. The first-order valence-corrected chi connectivity index (χ1v) is 9.54. The van der Waals surface area contributed by atoms with Gasteiger partial charge in [0.2, 0.25) is 0 Å². The van der Waals surface area contributed by atoms with Gasteiger partial charge in [0.25, 0.3) is 0 Å². The van der Waals surface area contributed by atoms with E-state index in [4.69, 9.17) is 19.9 Å². The van der Waals surface area contributed by atoms with Crippen LogP contribution in [0.25, 0.3) is 0 Å². The Hall–Kier alpha value is -2.16. The number of halogens is 1. The highest BCUT2D eigenvalue weighted by molar-refractivity contribution is 14.0. The van der Waals surface area contributed by atoms with E-state index >= 15 is 0 Å². The van der Waals surface area contributed by atoms with E-state index in [1.54, 1.807) is 14.2 Å². The van der Waals surface area contributed by atoms with Gasteiger partial charge < -0.3 is 25.3 Å². The fourth-order valence-electron chi connectivity index (χ4n) is 2.74. The largest absolute Gasteiger partial charge is 0.493 e. The minimum Gasteiger partial charge on any atom is -0.493 e. The van der Waals surface area contributed by atoms with E-state index in [9.17, 15) is 0 Å². The summed E-state index contributed by atoms with van der Waals surface area (Å²) in [5.74, 6) is 2.74. The van der Waals surface area contributed by atoms with Crippen LogP contribution in [0.5, 0.6) is 17.2 Å². The number of ether oxygens (including phenoxy) is 3. The van der Waals surface area contributed by atoms with Gasteiger partial charge in [0.1, 0.15) is 5.75 Å². The third kappa shape index (κ3) is 8.00. The molecule has 0 aromatic heterocycles. The van der Waals surface area contributed by atoms with Gasteiger partial charge in [-0.05, 0) is 49.1 Å². The van der Waals surface area contributed by atoms with Gasteiger partial charge in [-0.25, -0.2) is 4.99 Å². The number of rotatable bonds is 10. The van der Waals surface area contributed by atoms with Crippen molar-refractivity contribution < 1.29 is 14.2 Å².